The van der Waals surface area contributed by atoms with Crippen LogP contribution in [-0.4, -0.2) is 40.6 Å². The van der Waals surface area contributed by atoms with Crippen LogP contribution >= 0.6 is 11.3 Å². The van der Waals surface area contributed by atoms with E-state index < -0.39 is 5.54 Å². The Morgan fingerprint density at radius 3 is 3.05 bits per heavy atom. The van der Waals surface area contributed by atoms with Crippen molar-refractivity contribution in [2.24, 2.45) is 0 Å². The van der Waals surface area contributed by atoms with E-state index in [4.69, 9.17) is 4.74 Å². The summed E-state index contributed by atoms with van der Waals surface area (Å²) in [5.74, 6) is -0.193. The van der Waals surface area contributed by atoms with Gasteiger partial charge in [0.25, 0.3) is 5.91 Å². The third-order valence-electron chi connectivity index (χ3n) is 3.49. The Bertz CT molecular complexity index is 522. The number of aryl methyl sites for hydroxylation is 1. The number of rotatable bonds is 3. The van der Waals surface area contributed by atoms with Crippen LogP contribution in [0.1, 0.15) is 24.0 Å². The highest BCUT2D eigenvalue weighted by Gasteiger charge is 2.53. The molecule has 1 aromatic heterocycles. The van der Waals surface area contributed by atoms with Crippen LogP contribution in [0.5, 0.6) is 0 Å². The Hall–Kier alpha value is -1.47. The van der Waals surface area contributed by atoms with Gasteiger partial charge in [-0.3, -0.25) is 9.69 Å². The number of aromatic nitrogens is 1. The first-order valence-electron chi connectivity index (χ1n) is 6.30. The van der Waals surface area contributed by atoms with Crippen LogP contribution in [0.3, 0.4) is 0 Å². The fourth-order valence-electron chi connectivity index (χ4n) is 2.40. The van der Waals surface area contributed by atoms with Gasteiger partial charge in [0.2, 0.25) is 0 Å². The summed E-state index contributed by atoms with van der Waals surface area (Å²) < 4.78 is 5.25. The van der Waals surface area contributed by atoms with Crippen LogP contribution in [0.15, 0.2) is 5.38 Å². The molecule has 0 aliphatic carbocycles. The van der Waals surface area contributed by atoms with E-state index in [1.165, 1.54) is 4.90 Å². The quantitative estimate of drug-likeness (QED) is 0.836. The van der Waals surface area contributed by atoms with Gasteiger partial charge in [-0.15, -0.1) is 11.3 Å². The summed E-state index contributed by atoms with van der Waals surface area (Å²) >= 11 is 1.55. The van der Waals surface area contributed by atoms with Gasteiger partial charge in [-0.1, -0.05) is 6.92 Å². The molecular weight excluding hydrogens is 266 g/mol. The van der Waals surface area contributed by atoms with Gasteiger partial charge >= 0.3 is 6.03 Å². The maximum atomic E-state index is 12.4. The average molecular weight is 281 g/mol. The van der Waals surface area contributed by atoms with Crippen molar-refractivity contribution in [1.29, 1.82) is 0 Å². The van der Waals surface area contributed by atoms with Gasteiger partial charge in [0.1, 0.15) is 5.54 Å². The van der Waals surface area contributed by atoms with Crippen molar-refractivity contribution in [1.82, 2.24) is 15.2 Å². The third kappa shape index (κ3) is 2.02. The summed E-state index contributed by atoms with van der Waals surface area (Å²) in [5.41, 5.74) is -0.0675. The number of urea groups is 1. The van der Waals surface area contributed by atoms with Gasteiger partial charge in [0, 0.05) is 18.4 Å². The standard InChI is InChI=1S/C12H15N3O3S/c1-2-9-13-8(6-19-9)5-15-10(16)12(14-11(15)17)3-4-18-7-12/h6H,2-5,7H2,1H3,(H,14,17)/t12-/m1/s1. The molecule has 0 bridgehead atoms. The van der Waals surface area contributed by atoms with E-state index in [9.17, 15) is 9.59 Å². The van der Waals surface area contributed by atoms with E-state index in [0.717, 1.165) is 17.1 Å². The molecule has 2 aliphatic heterocycles. The third-order valence-corrected chi connectivity index (χ3v) is 4.53. The zero-order valence-electron chi connectivity index (χ0n) is 10.6. The molecule has 3 heterocycles. The number of thiazole rings is 1. The molecule has 19 heavy (non-hydrogen) atoms. The van der Waals surface area contributed by atoms with E-state index in [1.807, 2.05) is 12.3 Å². The molecule has 102 valence electrons. The summed E-state index contributed by atoms with van der Waals surface area (Å²) in [4.78, 5) is 29.9. The predicted molar refractivity (Wildman–Crippen MR) is 68.7 cm³/mol. The van der Waals surface area contributed by atoms with Gasteiger partial charge in [-0.2, -0.15) is 0 Å². The van der Waals surface area contributed by atoms with Crippen molar-refractivity contribution in [3.63, 3.8) is 0 Å². The van der Waals surface area contributed by atoms with Crippen molar-refractivity contribution < 1.29 is 14.3 Å². The second-order valence-electron chi connectivity index (χ2n) is 4.79. The Morgan fingerprint density at radius 2 is 2.42 bits per heavy atom. The number of hydrogen-bond donors (Lipinski definition) is 1. The van der Waals surface area contributed by atoms with E-state index in [0.29, 0.717) is 13.0 Å². The summed E-state index contributed by atoms with van der Waals surface area (Å²) in [5, 5.41) is 5.67. The monoisotopic (exact) mass is 281 g/mol. The zero-order chi connectivity index (χ0) is 13.5. The van der Waals surface area contributed by atoms with Crippen molar-refractivity contribution >= 4 is 23.3 Å². The molecule has 1 atom stereocenters. The van der Waals surface area contributed by atoms with Gasteiger partial charge in [0.05, 0.1) is 23.9 Å². The van der Waals surface area contributed by atoms with E-state index in [2.05, 4.69) is 10.3 Å². The number of carbonyl (C=O) groups excluding carboxylic acids is 2. The zero-order valence-corrected chi connectivity index (χ0v) is 11.5. The minimum absolute atomic E-state index is 0.193. The molecule has 1 aromatic rings. The first-order valence-corrected chi connectivity index (χ1v) is 7.18. The lowest BCUT2D eigenvalue weighted by Crippen LogP contribution is -2.47. The first kappa shape index (κ1) is 12.6. The normalized spacial score (nSPS) is 26.5. The molecule has 3 rings (SSSR count). The van der Waals surface area contributed by atoms with Gasteiger partial charge in [0.15, 0.2) is 0 Å². The lowest BCUT2D eigenvalue weighted by Gasteiger charge is -2.17. The number of imide groups is 1. The molecule has 1 N–H and O–H groups in total. The highest BCUT2D eigenvalue weighted by Crippen LogP contribution is 2.28. The second kappa shape index (κ2) is 4.57. The number of amides is 3. The van der Waals surface area contributed by atoms with Crippen molar-refractivity contribution in [3.8, 4) is 0 Å². The molecule has 0 saturated carbocycles. The summed E-state index contributed by atoms with van der Waals surface area (Å²) in [6, 6.07) is -0.346. The molecule has 3 amide bonds. The maximum Gasteiger partial charge on any atom is 0.325 e. The Balaban J connectivity index is 1.77. The SMILES string of the molecule is CCc1nc(CN2C(=O)N[C@@]3(CCOC3)C2=O)cs1. The molecule has 7 heteroatoms. The van der Waals surface area contributed by atoms with Crippen molar-refractivity contribution in [2.45, 2.75) is 31.8 Å². The second-order valence-corrected chi connectivity index (χ2v) is 5.73. The molecule has 2 fully saturated rings. The molecule has 0 radical (unpaired) electrons. The topological polar surface area (TPSA) is 71.5 Å². The molecule has 0 unspecified atom stereocenters. The van der Waals surface area contributed by atoms with E-state index in [-0.39, 0.29) is 25.1 Å². The maximum absolute atomic E-state index is 12.4. The molecule has 2 aliphatic rings. The lowest BCUT2D eigenvalue weighted by molar-refractivity contribution is -0.131. The van der Waals surface area contributed by atoms with Gasteiger partial charge in [-0.25, -0.2) is 9.78 Å². The molecule has 2 saturated heterocycles. The van der Waals surface area contributed by atoms with E-state index >= 15 is 0 Å². The van der Waals surface area contributed by atoms with Crippen LogP contribution < -0.4 is 5.32 Å². The molecule has 6 nitrogen and oxygen atoms in total. The number of nitrogens with one attached hydrogen (secondary N) is 1. The molecule has 1 spiro atoms. The van der Waals surface area contributed by atoms with Crippen molar-refractivity contribution in [3.05, 3.63) is 16.1 Å². The largest absolute Gasteiger partial charge is 0.378 e. The summed E-state index contributed by atoms with van der Waals surface area (Å²) in [6.45, 7) is 3.05. The van der Waals surface area contributed by atoms with Gasteiger partial charge < -0.3 is 10.1 Å². The fraction of sp³-hybridized carbons (Fsp3) is 0.583. The smallest absolute Gasteiger partial charge is 0.325 e. The fourth-order valence-corrected chi connectivity index (χ4v) is 3.13. The van der Waals surface area contributed by atoms with Crippen LogP contribution in [-0.2, 0) is 22.5 Å². The number of ether oxygens (including phenoxy) is 1. The summed E-state index contributed by atoms with van der Waals surface area (Å²) in [7, 11) is 0. The summed E-state index contributed by atoms with van der Waals surface area (Å²) in [6.07, 6.45) is 1.41. The number of hydrogen-bond acceptors (Lipinski definition) is 5. The van der Waals surface area contributed by atoms with E-state index in [1.54, 1.807) is 11.3 Å². The van der Waals surface area contributed by atoms with Crippen molar-refractivity contribution in [2.75, 3.05) is 13.2 Å². The Labute approximate surface area is 114 Å². The number of nitrogens with zero attached hydrogens (tertiary/aromatic N) is 2. The van der Waals surface area contributed by atoms with Crippen LogP contribution in [0, 0.1) is 0 Å². The van der Waals surface area contributed by atoms with Gasteiger partial charge in [-0.05, 0) is 6.42 Å². The highest BCUT2D eigenvalue weighted by atomic mass is 32.1. The molecule has 0 aromatic carbocycles. The molecular formula is C12H15N3O3S. The lowest BCUT2D eigenvalue weighted by atomic mass is 9.99. The van der Waals surface area contributed by atoms with Crippen LogP contribution in [0.25, 0.3) is 0 Å². The van der Waals surface area contributed by atoms with Crippen LogP contribution in [0.4, 0.5) is 4.79 Å². The average Bonchev–Trinajstić information content (AvgIpc) is 3.08. The Morgan fingerprint density at radius 1 is 1.58 bits per heavy atom. The first-order chi connectivity index (χ1) is 9.14. The minimum Gasteiger partial charge on any atom is -0.378 e. The van der Waals surface area contributed by atoms with Crippen LogP contribution in [0.2, 0.25) is 0 Å². The minimum atomic E-state index is -0.833. The Kier molecular flexibility index (Phi) is 3.02. The highest BCUT2D eigenvalue weighted by molar-refractivity contribution is 7.09. The predicted octanol–water partition coefficient (Wildman–Crippen LogP) is 0.916. The number of carbonyl (C=O) groups is 2.